The third-order valence-electron chi connectivity index (χ3n) is 6.10. The van der Waals surface area contributed by atoms with Crippen LogP contribution >= 0.6 is 0 Å². The van der Waals surface area contributed by atoms with Gasteiger partial charge in [-0.25, -0.2) is 9.97 Å². The predicted molar refractivity (Wildman–Crippen MR) is 131 cm³/mol. The van der Waals surface area contributed by atoms with Crippen molar-refractivity contribution in [3.8, 4) is 5.75 Å². The molecular formula is C25H36N6O. The van der Waals surface area contributed by atoms with Crippen molar-refractivity contribution in [2.45, 2.75) is 46.2 Å². The van der Waals surface area contributed by atoms with Crippen LogP contribution in [0.2, 0.25) is 0 Å². The minimum atomic E-state index is 0.719. The minimum Gasteiger partial charge on any atom is -0.496 e. The fourth-order valence-electron chi connectivity index (χ4n) is 4.39. The van der Waals surface area contributed by atoms with Gasteiger partial charge >= 0.3 is 0 Å². The Balaban J connectivity index is 1.55. The lowest BCUT2D eigenvalue weighted by Gasteiger charge is -2.27. The summed E-state index contributed by atoms with van der Waals surface area (Å²) in [5.41, 5.74) is 4.48. The van der Waals surface area contributed by atoms with E-state index in [1.54, 1.807) is 7.11 Å². The molecule has 0 atom stereocenters. The van der Waals surface area contributed by atoms with E-state index in [0.29, 0.717) is 0 Å². The van der Waals surface area contributed by atoms with Gasteiger partial charge in [0.2, 0.25) is 0 Å². The van der Waals surface area contributed by atoms with E-state index in [1.807, 2.05) is 6.92 Å². The van der Waals surface area contributed by atoms with Gasteiger partial charge in [0.05, 0.1) is 19.2 Å². The molecule has 172 valence electrons. The molecule has 4 rings (SSSR count). The molecule has 1 fully saturated rings. The molecule has 7 heteroatoms. The van der Waals surface area contributed by atoms with Crippen molar-refractivity contribution in [1.29, 1.82) is 0 Å². The summed E-state index contributed by atoms with van der Waals surface area (Å²) in [4.78, 5) is 11.8. The molecule has 7 nitrogen and oxygen atoms in total. The number of nitrogens with one attached hydrogen (secondary N) is 2. The lowest BCUT2D eigenvalue weighted by atomic mass is 10.1. The zero-order valence-electron chi connectivity index (χ0n) is 19.7. The first kappa shape index (κ1) is 22.6. The first-order valence-electron chi connectivity index (χ1n) is 11.8. The molecule has 1 saturated heterocycles. The van der Waals surface area contributed by atoms with Crippen LogP contribution in [0.3, 0.4) is 0 Å². The Morgan fingerprint density at radius 2 is 1.94 bits per heavy atom. The Morgan fingerprint density at radius 3 is 2.72 bits per heavy atom. The van der Waals surface area contributed by atoms with Crippen LogP contribution in [0.25, 0.3) is 11.0 Å². The molecule has 1 aliphatic heterocycles. The highest BCUT2D eigenvalue weighted by molar-refractivity contribution is 5.86. The standard InChI is InChI=1S/C25H36N6O/c1-4-5-6-10-27-25-24-22(28-19(2)29-25)9-13-31(24)18-21-8-7-20(16-23(21)32-3)17-30-14-11-26-12-15-30/h7-9,13,16,26H,4-6,10-12,14-15,17-18H2,1-3H3,(H,27,28,29). The molecule has 2 aromatic heterocycles. The number of benzene rings is 1. The average Bonchev–Trinajstić information content (AvgIpc) is 3.20. The van der Waals surface area contributed by atoms with Gasteiger partial charge < -0.3 is 19.9 Å². The Hall–Kier alpha value is -2.64. The monoisotopic (exact) mass is 436 g/mol. The topological polar surface area (TPSA) is 67.2 Å². The van der Waals surface area contributed by atoms with Gasteiger partial charge in [0.15, 0.2) is 5.82 Å². The minimum absolute atomic E-state index is 0.719. The van der Waals surface area contributed by atoms with Crippen LogP contribution in [0.15, 0.2) is 30.5 Å². The molecule has 0 saturated carbocycles. The maximum Gasteiger partial charge on any atom is 0.154 e. The Bertz CT molecular complexity index is 1020. The zero-order valence-corrected chi connectivity index (χ0v) is 19.7. The van der Waals surface area contributed by atoms with Crippen LogP contribution in [0.4, 0.5) is 5.82 Å². The van der Waals surface area contributed by atoms with E-state index in [1.165, 1.54) is 18.4 Å². The molecule has 0 amide bonds. The molecule has 0 aliphatic carbocycles. The number of fused-ring (bicyclic) bond motifs is 1. The third kappa shape index (κ3) is 5.40. The van der Waals surface area contributed by atoms with Gasteiger partial charge in [0.1, 0.15) is 17.1 Å². The van der Waals surface area contributed by atoms with Crippen LogP contribution in [-0.4, -0.2) is 59.3 Å². The van der Waals surface area contributed by atoms with Gasteiger partial charge in [0, 0.05) is 51.0 Å². The van der Waals surface area contributed by atoms with Crippen LogP contribution in [0, 0.1) is 6.92 Å². The number of ether oxygens (including phenoxy) is 1. The van der Waals surface area contributed by atoms with E-state index in [9.17, 15) is 0 Å². The summed E-state index contributed by atoms with van der Waals surface area (Å²) < 4.78 is 8.01. The van der Waals surface area contributed by atoms with Crippen molar-refractivity contribution in [2.24, 2.45) is 0 Å². The predicted octanol–water partition coefficient (Wildman–Crippen LogP) is 3.80. The second-order valence-electron chi connectivity index (χ2n) is 8.60. The third-order valence-corrected chi connectivity index (χ3v) is 6.10. The van der Waals surface area contributed by atoms with Crippen molar-refractivity contribution < 1.29 is 4.74 Å². The highest BCUT2D eigenvalue weighted by atomic mass is 16.5. The lowest BCUT2D eigenvalue weighted by Crippen LogP contribution is -2.42. The maximum absolute atomic E-state index is 5.79. The first-order valence-corrected chi connectivity index (χ1v) is 11.8. The van der Waals surface area contributed by atoms with Crippen LogP contribution in [0.5, 0.6) is 5.75 Å². The highest BCUT2D eigenvalue weighted by Gasteiger charge is 2.15. The number of hydrogen-bond acceptors (Lipinski definition) is 6. The fourth-order valence-corrected chi connectivity index (χ4v) is 4.39. The summed E-state index contributed by atoms with van der Waals surface area (Å²) >= 11 is 0. The maximum atomic E-state index is 5.79. The quantitative estimate of drug-likeness (QED) is 0.471. The molecule has 1 aromatic carbocycles. The van der Waals surface area contributed by atoms with E-state index < -0.39 is 0 Å². The number of aryl methyl sites for hydroxylation is 1. The summed E-state index contributed by atoms with van der Waals surface area (Å²) in [6, 6.07) is 8.70. The number of nitrogens with zero attached hydrogens (tertiary/aromatic N) is 4. The van der Waals surface area contributed by atoms with Gasteiger partial charge in [-0.2, -0.15) is 0 Å². The second kappa shape index (κ2) is 10.8. The average molecular weight is 437 g/mol. The lowest BCUT2D eigenvalue weighted by molar-refractivity contribution is 0.233. The molecule has 2 N–H and O–H groups in total. The molecule has 32 heavy (non-hydrogen) atoms. The molecular weight excluding hydrogens is 400 g/mol. The largest absolute Gasteiger partial charge is 0.496 e. The first-order chi connectivity index (χ1) is 15.7. The Kier molecular flexibility index (Phi) is 7.60. The second-order valence-corrected chi connectivity index (χ2v) is 8.60. The van der Waals surface area contributed by atoms with Crippen LogP contribution < -0.4 is 15.4 Å². The molecule has 3 heterocycles. The number of aromatic nitrogens is 3. The highest BCUT2D eigenvalue weighted by Crippen LogP contribution is 2.27. The SMILES string of the molecule is CCCCCNc1nc(C)nc2ccn(Cc3ccc(CN4CCNCC4)cc3OC)c12. The molecule has 0 unspecified atom stereocenters. The van der Waals surface area contributed by atoms with E-state index in [4.69, 9.17) is 9.72 Å². The molecule has 0 bridgehead atoms. The van der Waals surface area contributed by atoms with E-state index in [0.717, 1.165) is 86.2 Å². The Morgan fingerprint density at radius 1 is 1.09 bits per heavy atom. The zero-order chi connectivity index (χ0) is 22.3. The summed E-state index contributed by atoms with van der Waals surface area (Å²) in [5.74, 6) is 2.65. The summed E-state index contributed by atoms with van der Waals surface area (Å²) in [6.45, 7) is 11.1. The molecule has 0 radical (unpaired) electrons. The van der Waals surface area contributed by atoms with Crippen LogP contribution in [0.1, 0.15) is 43.1 Å². The number of piperazine rings is 1. The number of anilines is 1. The van der Waals surface area contributed by atoms with Gasteiger partial charge in [-0.05, 0) is 31.0 Å². The summed E-state index contributed by atoms with van der Waals surface area (Å²) in [6.07, 6.45) is 5.67. The van der Waals surface area contributed by atoms with Crippen molar-refractivity contribution in [1.82, 2.24) is 24.8 Å². The number of hydrogen-bond donors (Lipinski definition) is 2. The van der Waals surface area contributed by atoms with Gasteiger partial charge in [-0.15, -0.1) is 0 Å². The van der Waals surface area contributed by atoms with Crippen molar-refractivity contribution in [3.63, 3.8) is 0 Å². The summed E-state index contributed by atoms with van der Waals surface area (Å²) in [5, 5.41) is 6.96. The van der Waals surface area contributed by atoms with Gasteiger partial charge in [0.25, 0.3) is 0 Å². The van der Waals surface area contributed by atoms with Gasteiger partial charge in [-0.3, -0.25) is 4.90 Å². The van der Waals surface area contributed by atoms with E-state index in [2.05, 4.69) is 62.5 Å². The number of methoxy groups -OCH3 is 1. The smallest absolute Gasteiger partial charge is 0.154 e. The van der Waals surface area contributed by atoms with Crippen molar-refractivity contribution in [2.75, 3.05) is 45.2 Å². The normalized spacial score (nSPS) is 14.7. The molecule has 1 aliphatic rings. The molecule has 0 spiro atoms. The number of rotatable bonds is 10. The Labute approximate surface area is 191 Å². The van der Waals surface area contributed by atoms with E-state index in [-0.39, 0.29) is 0 Å². The van der Waals surface area contributed by atoms with Crippen molar-refractivity contribution in [3.05, 3.63) is 47.4 Å². The van der Waals surface area contributed by atoms with Gasteiger partial charge in [-0.1, -0.05) is 31.9 Å². The number of unbranched alkanes of at least 4 members (excludes halogenated alkanes) is 2. The summed E-state index contributed by atoms with van der Waals surface area (Å²) in [7, 11) is 1.76. The van der Waals surface area contributed by atoms with Crippen LogP contribution in [-0.2, 0) is 13.1 Å². The van der Waals surface area contributed by atoms with Crippen molar-refractivity contribution >= 4 is 16.9 Å². The fraction of sp³-hybridized carbons (Fsp3) is 0.520. The van der Waals surface area contributed by atoms with E-state index >= 15 is 0 Å². The molecule has 3 aromatic rings.